The van der Waals surface area contributed by atoms with E-state index in [0.717, 1.165) is 5.56 Å². The largest absolute Gasteiger partial charge is 0.482 e. The molecule has 0 aliphatic heterocycles. The maximum absolute atomic E-state index is 6.01. The number of ether oxygens (including phenoxy) is 1. The van der Waals surface area contributed by atoms with Gasteiger partial charge in [0, 0.05) is 16.0 Å². The molecule has 0 N–H and O–H groups in total. The van der Waals surface area contributed by atoms with E-state index >= 15 is 0 Å². The molecule has 0 saturated heterocycles. The molecule has 3 rings (SSSR count). The highest BCUT2D eigenvalue weighted by atomic mass is 35.5. The van der Waals surface area contributed by atoms with Crippen molar-refractivity contribution in [2.24, 2.45) is 0 Å². The quantitative estimate of drug-likeness (QED) is 0.698. The maximum Gasteiger partial charge on any atom is 0.264 e. The van der Waals surface area contributed by atoms with Gasteiger partial charge in [0.25, 0.3) is 5.89 Å². The predicted octanol–water partition coefficient (Wildman–Crippen LogP) is 4.68. The van der Waals surface area contributed by atoms with Crippen LogP contribution in [0.2, 0.25) is 10.0 Å². The van der Waals surface area contributed by atoms with Crippen LogP contribution in [0.15, 0.2) is 39.5 Å². The molecular formula is C13H8Cl2N2O2S. The van der Waals surface area contributed by atoms with Crippen molar-refractivity contribution >= 4 is 34.5 Å². The Labute approximate surface area is 128 Å². The Morgan fingerprint density at radius 3 is 2.90 bits per heavy atom. The second kappa shape index (κ2) is 5.83. The van der Waals surface area contributed by atoms with E-state index in [-0.39, 0.29) is 6.61 Å². The lowest BCUT2D eigenvalue weighted by Gasteiger charge is -2.05. The zero-order valence-electron chi connectivity index (χ0n) is 10.0. The third-order valence-corrected chi connectivity index (χ3v) is 3.71. The van der Waals surface area contributed by atoms with Gasteiger partial charge < -0.3 is 9.26 Å². The summed E-state index contributed by atoms with van der Waals surface area (Å²) in [5.41, 5.74) is 0.925. The van der Waals surface area contributed by atoms with Crippen LogP contribution in [0.4, 0.5) is 0 Å². The fraction of sp³-hybridized carbons (Fsp3) is 0.0769. The van der Waals surface area contributed by atoms with Crippen LogP contribution in [-0.2, 0) is 6.61 Å². The van der Waals surface area contributed by atoms with Gasteiger partial charge in [0.1, 0.15) is 5.75 Å². The molecule has 0 fully saturated rings. The molecule has 20 heavy (non-hydrogen) atoms. The normalized spacial score (nSPS) is 10.7. The van der Waals surface area contributed by atoms with Gasteiger partial charge in [-0.15, -0.1) is 0 Å². The fourth-order valence-electron chi connectivity index (χ4n) is 1.55. The van der Waals surface area contributed by atoms with Crippen LogP contribution < -0.4 is 4.74 Å². The SMILES string of the molecule is Clc1ccc(OCc2nc(-c3ccsc3)no2)c(Cl)c1. The molecule has 2 aromatic heterocycles. The molecule has 3 aromatic rings. The minimum Gasteiger partial charge on any atom is -0.482 e. The zero-order chi connectivity index (χ0) is 13.9. The van der Waals surface area contributed by atoms with Crippen molar-refractivity contribution in [3.05, 3.63) is 51.0 Å². The van der Waals surface area contributed by atoms with Crippen LogP contribution >= 0.6 is 34.5 Å². The lowest BCUT2D eigenvalue weighted by molar-refractivity contribution is 0.243. The summed E-state index contributed by atoms with van der Waals surface area (Å²) in [5.74, 6) is 1.45. The Morgan fingerprint density at radius 1 is 1.25 bits per heavy atom. The number of rotatable bonds is 4. The summed E-state index contributed by atoms with van der Waals surface area (Å²) in [7, 11) is 0. The topological polar surface area (TPSA) is 48.2 Å². The second-order valence-electron chi connectivity index (χ2n) is 3.89. The van der Waals surface area contributed by atoms with Crippen LogP contribution in [0.25, 0.3) is 11.4 Å². The smallest absolute Gasteiger partial charge is 0.264 e. The van der Waals surface area contributed by atoms with Crippen LogP contribution in [0.1, 0.15) is 5.89 Å². The van der Waals surface area contributed by atoms with E-state index in [4.69, 9.17) is 32.5 Å². The Morgan fingerprint density at radius 2 is 2.15 bits per heavy atom. The lowest BCUT2D eigenvalue weighted by atomic mass is 10.3. The highest BCUT2D eigenvalue weighted by Gasteiger charge is 2.10. The summed E-state index contributed by atoms with van der Waals surface area (Å²) in [6.07, 6.45) is 0. The van der Waals surface area contributed by atoms with E-state index in [2.05, 4.69) is 10.1 Å². The van der Waals surface area contributed by atoms with Gasteiger partial charge in [-0.1, -0.05) is 28.4 Å². The summed E-state index contributed by atoms with van der Waals surface area (Å²) in [6, 6.07) is 6.94. The first-order chi connectivity index (χ1) is 9.72. The minimum absolute atomic E-state index is 0.151. The first kappa shape index (κ1) is 13.4. The predicted molar refractivity (Wildman–Crippen MR) is 78.4 cm³/mol. The van der Waals surface area contributed by atoms with E-state index in [0.29, 0.717) is 27.5 Å². The molecule has 0 radical (unpaired) electrons. The van der Waals surface area contributed by atoms with Crippen LogP contribution in [0.5, 0.6) is 5.75 Å². The molecule has 4 nitrogen and oxygen atoms in total. The monoisotopic (exact) mass is 326 g/mol. The zero-order valence-corrected chi connectivity index (χ0v) is 12.4. The molecule has 0 bridgehead atoms. The van der Waals surface area contributed by atoms with Crippen molar-refractivity contribution in [3.8, 4) is 17.1 Å². The summed E-state index contributed by atoms with van der Waals surface area (Å²) in [4.78, 5) is 4.25. The number of aromatic nitrogens is 2. The second-order valence-corrected chi connectivity index (χ2v) is 5.51. The van der Waals surface area contributed by atoms with Gasteiger partial charge in [0.15, 0.2) is 6.61 Å². The molecule has 0 atom stereocenters. The number of hydrogen-bond donors (Lipinski definition) is 0. The molecule has 0 amide bonds. The van der Waals surface area contributed by atoms with Crippen LogP contribution in [0, 0.1) is 0 Å². The Kier molecular flexibility index (Phi) is 3.91. The Balaban J connectivity index is 1.70. The van der Waals surface area contributed by atoms with Crippen LogP contribution in [0.3, 0.4) is 0 Å². The first-order valence-corrected chi connectivity index (χ1v) is 7.35. The van der Waals surface area contributed by atoms with Gasteiger partial charge in [0.2, 0.25) is 5.82 Å². The van der Waals surface area contributed by atoms with Crippen molar-refractivity contribution in [1.82, 2.24) is 10.1 Å². The molecule has 0 saturated carbocycles. The summed E-state index contributed by atoms with van der Waals surface area (Å²) < 4.78 is 10.6. The molecule has 0 spiro atoms. The lowest BCUT2D eigenvalue weighted by Crippen LogP contribution is -1.96. The van der Waals surface area contributed by atoms with E-state index < -0.39 is 0 Å². The van der Waals surface area contributed by atoms with E-state index in [9.17, 15) is 0 Å². The molecular weight excluding hydrogens is 319 g/mol. The summed E-state index contributed by atoms with van der Waals surface area (Å²) >= 11 is 13.4. The molecule has 2 heterocycles. The number of hydrogen-bond acceptors (Lipinski definition) is 5. The molecule has 0 aliphatic rings. The van der Waals surface area contributed by atoms with Crippen molar-refractivity contribution in [1.29, 1.82) is 0 Å². The fourth-order valence-corrected chi connectivity index (χ4v) is 2.65. The van der Waals surface area contributed by atoms with Gasteiger partial charge in [-0.2, -0.15) is 16.3 Å². The number of halogens is 2. The van der Waals surface area contributed by atoms with E-state index in [1.807, 2.05) is 16.8 Å². The molecule has 0 unspecified atom stereocenters. The number of thiophene rings is 1. The van der Waals surface area contributed by atoms with Crippen molar-refractivity contribution in [3.63, 3.8) is 0 Å². The van der Waals surface area contributed by atoms with Gasteiger partial charge >= 0.3 is 0 Å². The number of benzene rings is 1. The average molecular weight is 327 g/mol. The Bertz CT molecular complexity index is 713. The molecule has 1 aromatic carbocycles. The summed E-state index contributed by atoms with van der Waals surface area (Å²) in [6.45, 7) is 0.151. The summed E-state index contributed by atoms with van der Waals surface area (Å²) in [5, 5.41) is 8.79. The van der Waals surface area contributed by atoms with Crippen molar-refractivity contribution in [2.45, 2.75) is 6.61 Å². The van der Waals surface area contributed by atoms with E-state index in [1.54, 1.807) is 29.5 Å². The van der Waals surface area contributed by atoms with Crippen molar-refractivity contribution in [2.75, 3.05) is 0 Å². The van der Waals surface area contributed by atoms with Gasteiger partial charge in [-0.05, 0) is 29.6 Å². The Hall–Kier alpha value is -1.56. The molecule has 0 aliphatic carbocycles. The third kappa shape index (κ3) is 2.95. The highest BCUT2D eigenvalue weighted by molar-refractivity contribution is 7.08. The van der Waals surface area contributed by atoms with Gasteiger partial charge in [-0.3, -0.25) is 0 Å². The maximum atomic E-state index is 6.01. The highest BCUT2D eigenvalue weighted by Crippen LogP contribution is 2.28. The van der Waals surface area contributed by atoms with Gasteiger partial charge in [-0.25, -0.2) is 0 Å². The molecule has 102 valence electrons. The molecule has 7 heteroatoms. The van der Waals surface area contributed by atoms with Crippen molar-refractivity contribution < 1.29 is 9.26 Å². The number of nitrogens with zero attached hydrogens (tertiary/aromatic N) is 2. The first-order valence-electron chi connectivity index (χ1n) is 5.65. The van der Waals surface area contributed by atoms with Crippen LogP contribution in [-0.4, -0.2) is 10.1 Å². The average Bonchev–Trinajstić information content (AvgIpc) is 3.08. The van der Waals surface area contributed by atoms with Gasteiger partial charge in [0.05, 0.1) is 5.02 Å². The minimum atomic E-state index is 0.151. The van der Waals surface area contributed by atoms with E-state index in [1.165, 1.54) is 0 Å². The standard InChI is InChI=1S/C13H8Cl2N2O2S/c14-9-1-2-11(10(15)5-9)18-6-12-16-13(17-19-12)8-3-4-20-7-8/h1-5,7H,6H2. The third-order valence-electron chi connectivity index (χ3n) is 2.49.